The lowest BCUT2D eigenvalue weighted by atomic mass is 9.98. The van der Waals surface area contributed by atoms with Gasteiger partial charge in [0, 0.05) is 17.3 Å². The van der Waals surface area contributed by atoms with E-state index in [0.29, 0.717) is 13.0 Å². The Bertz CT molecular complexity index is 642. The van der Waals surface area contributed by atoms with Crippen LogP contribution in [0.4, 0.5) is 0 Å². The maximum Gasteiger partial charge on any atom is 0.226 e. The molecule has 2 N–H and O–H groups in total. The molecular weight excluding hydrogens is 308 g/mol. The summed E-state index contributed by atoms with van der Waals surface area (Å²) in [4.78, 5) is 16.5. The van der Waals surface area contributed by atoms with Gasteiger partial charge in [-0.1, -0.05) is 45.0 Å². The molecule has 2 aromatic rings. The number of carbonyl (C=O) groups is 1. The van der Waals surface area contributed by atoms with Gasteiger partial charge in [-0.25, -0.2) is 4.98 Å². The van der Waals surface area contributed by atoms with E-state index in [2.05, 4.69) is 31.1 Å². The first-order chi connectivity index (χ1) is 10.9. The van der Waals surface area contributed by atoms with Crippen LogP contribution in [0.25, 0.3) is 0 Å². The molecule has 0 aliphatic carbocycles. The number of aliphatic hydroxyl groups is 1. The standard InChI is InChI=1S/C18H24N2O2S/c1-18(2,3)17-20-15(12-23-17)10-16(22)19-9-8-13-4-6-14(11-21)7-5-13/h4-7,12,21H,8-11H2,1-3H3,(H,19,22). The minimum atomic E-state index is 0.00253. The predicted molar refractivity (Wildman–Crippen MR) is 93.6 cm³/mol. The maximum atomic E-state index is 12.0. The molecule has 0 unspecified atom stereocenters. The number of carbonyl (C=O) groups excluding carboxylic acids is 1. The third-order valence-electron chi connectivity index (χ3n) is 3.48. The highest BCUT2D eigenvalue weighted by molar-refractivity contribution is 7.09. The molecule has 5 heteroatoms. The molecule has 2 rings (SSSR count). The van der Waals surface area contributed by atoms with Crippen LogP contribution in [0, 0.1) is 0 Å². The average molecular weight is 332 g/mol. The van der Waals surface area contributed by atoms with Gasteiger partial charge in [0.1, 0.15) is 0 Å². The molecule has 1 heterocycles. The molecule has 0 aliphatic rings. The van der Waals surface area contributed by atoms with Crippen LogP contribution in [0.1, 0.15) is 42.6 Å². The molecule has 0 radical (unpaired) electrons. The normalized spacial score (nSPS) is 11.5. The lowest BCUT2D eigenvalue weighted by Crippen LogP contribution is -2.27. The summed E-state index contributed by atoms with van der Waals surface area (Å²) < 4.78 is 0. The fraction of sp³-hybridized carbons (Fsp3) is 0.444. The van der Waals surface area contributed by atoms with Gasteiger partial charge in [-0.2, -0.15) is 0 Å². The topological polar surface area (TPSA) is 62.2 Å². The molecule has 0 fully saturated rings. The largest absolute Gasteiger partial charge is 0.392 e. The van der Waals surface area contributed by atoms with Gasteiger partial charge in [0.2, 0.25) is 5.91 Å². The fourth-order valence-electron chi connectivity index (χ4n) is 2.12. The Morgan fingerprint density at radius 1 is 1.22 bits per heavy atom. The SMILES string of the molecule is CC(C)(C)c1nc(CC(=O)NCCc2ccc(CO)cc2)cs1. The molecule has 0 aliphatic heterocycles. The van der Waals surface area contributed by atoms with Crippen molar-refractivity contribution < 1.29 is 9.90 Å². The number of nitrogens with one attached hydrogen (secondary N) is 1. The third-order valence-corrected chi connectivity index (χ3v) is 4.79. The van der Waals surface area contributed by atoms with Gasteiger partial charge < -0.3 is 10.4 Å². The number of benzene rings is 1. The summed E-state index contributed by atoms with van der Waals surface area (Å²) in [6.07, 6.45) is 1.11. The zero-order chi connectivity index (χ0) is 16.9. The van der Waals surface area contributed by atoms with E-state index in [1.165, 1.54) is 0 Å². The first kappa shape index (κ1) is 17.6. The second kappa shape index (κ2) is 7.70. The fourth-order valence-corrected chi connectivity index (χ4v) is 3.02. The van der Waals surface area contributed by atoms with E-state index in [1.807, 2.05) is 29.6 Å². The van der Waals surface area contributed by atoms with Gasteiger partial charge in [0.15, 0.2) is 0 Å². The van der Waals surface area contributed by atoms with E-state index in [0.717, 1.165) is 28.2 Å². The minimum absolute atomic E-state index is 0.00253. The Balaban J connectivity index is 1.77. The Labute approximate surface area is 141 Å². The van der Waals surface area contributed by atoms with Crippen molar-refractivity contribution in [1.29, 1.82) is 0 Å². The smallest absolute Gasteiger partial charge is 0.226 e. The van der Waals surface area contributed by atoms with Crippen LogP contribution >= 0.6 is 11.3 Å². The van der Waals surface area contributed by atoms with Gasteiger partial charge >= 0.3 is 0 Å². The number of thiazole rings is 1. The van der Waals surface area contributed by atoms with Crippen molar-refractivity contribution >= 4 is 17.2 Å². The van der Waals surface area contributed by atoms with Gasteiger partial charge in [-0.05, 0) is 17.5 Å². The molecule has 1 aromatic heterocycles. The van der Waals surface area contributed by atoms with Crippen LogP contribution in [-0.4, -0.2) is 22.5 Å². The second-order valence-corrected chi connectivity index (χ2v) is 7.50. The highest BCUT2D eigenvalue weighted by Gasteiger charge is 2.18. The van der Waals surface area contributed by atoms with Gasteiger partial charge in [0.25, 0.3) is 0 Å². The predicted octanol–water partition coefficient (Wildman–Crippen LogP) is 2.83. The van der Waals surface area contributed by atoms with Crippen molar-refractivity contribution in [2.45, 2.75) is 45.6 Å². The van der Waals surface area contributed by atoms with E-state index in [-0.39, 0.29) is 17.9 Å². The van der Waals surface area contributed by atoms with E-state index >= 15 is 0 Å². The van der Waals surface area contributed by atoms with Crippen molar-refractivity contribution in [2.24, 2.45) is 0 Å². The average Bonchev–Trinajstić information content (AvgIpc) is 2.96. The van der Waals surface area contributed by atoms with Crippen LogP contribution < -0.4 is 5.32 Å². The van der Waals surface area contributed by atoms with Crippen molar-refractivity contribution in [2.75, 3.05) is 6.54 Å². The molecule has 0 spiro atoms. The third kappa shape index (κ3) is 5.44. The summed E-state index contributed by atoms with van der Waals surface area (Å²) in [6, 6.07) is 7.77. The van der Waals surface area contributed by atoms with E-state index < -0.39 is 0 Å². The minimum Gasteiger partial charge on any atom is -0.392 e. The van der Waals surface area contributed by atoms with Crippen LogP contribution in [-0.2, 0) is 29.7 Å². The van der Waals surface area contributed by atoms with Crippen molar-refractivity contribution in [3.05, 3.63) is 51.5 Å². The summed E-state index contributed by atoms with van der Waals surface area (Å²) in [7, 11) is 0. The number of nitrogens with zero attached hydrogens (tertiary/aromatic N) is 1. The number of hydrogen-bond acceptors (Lipinski definition) is 4. The highest BCUT2D eigenvalue weighted by atomic mass is 32.1. The molecule has 0 saturated carbocycles. The van der Waals surface area contributed by atoms with Crippen LogP contribution in [0.3, 0.4) is 0 Å². The zero-order valence-corrected chi connectivity index (χ0v) is 14.7. The monoisotopic (exact) mass is 332 g/mol. The van der Waals surface area contributed by atoms with E-state index in [1.54, 1.807) is 11.3 Å². The van der Waals surface area contributed by atoms with Crippen molar-refractivity contribution in [1.82, 2.24) is 10.3 Å². The van der Waals surface area contributed by atoms with Gasteiger partial charge in [-0.15, -0.1) is 11.3 Å². The van der Waals surface area contributed by atoms with Crippen molar-refractivity contribution in [3.63, 3.8) is 0 Å². The quantitative estimate of drug-likeness (QED) is 0.855. The van der Waals surface area contributed by atoms with E-state index in [4.69, 9.17) is 5.11 Å². The molecule has 23 heavy (non-hydrogen) atoms. The van der Waals surface area contributed by atoms with Gasteiger partial charge in [0.05, 0.1) is 23.7 Å². The Hall–Kier alpha value is -1.72. The molecule has 0 bridgehead atoms. The van der Waals surface area contributed by atoms with Crippen LogP contribution in [0.5, 0.6) is 0 Å². The molecule has 1 aromatic carbocycles. The lowest BCUT2D eigenvalue weighted by Gasteiger charge is -2.13. The first-order valence-electron chi connectivity index (χ1n) is 7.79. The van der Waals surface area contributed by atoms with Crippen LogP contribution in [0.2, 0.25) is 0 Å². The molecule has 124 valence electrons. The summed E-state index contributed by atoms with van der Waals surface area (Å²) in [5, 5.41) is 15.0. The maximum absolute atomic E-state index is 12.0. The van der Waals surface area contributed by atoms with Gasteiger partial charge in [-0.3, -0.25) is 4.79 Å². The summed E-state index contributed by atoms with van der Waals surface area (Å²) in [5.41, 5.74) is 2.91. The Morgan fingerprint density at radius 2 is 1.87 bits per heavy atom. The molecule has 0 saturated heterocycles. The van der Waals surface area contributed by atoms with Crippen LogP contribution in [0.15, 0.2) is 29.6 Å². The lowest BCUT2D eigenvalue weighted by molar-refractivity contribution is -0.120. The first-order valence-corrected chi connectivity index (χ1v) is 8.66. The summed E-state index contributed by atoms with van der Waals surface area (Å²) >= 11 is 1.61. The second-order valence-electron chi connectivity index (χ2n) is 6.65. The Kier molecular flexibility index (Phi) is 5.91. The highest BCUT2D eigenvalue weighted by Crippen LogP contribution is 2.25. The molecular formula is C18H24N2O2S. The summed E-state index contributed by atoms with van der Waals surface area (Å²) in [6.45, 7) is 7.03. The van der Waals surface area contributed by atoms with Crippen molar-refractivity contribution in [3.8, 4) is 0 Å². The molecule has 4 nitrogen and oxygen atoms in total. The Morgan fingerprint density at radius 3 is 2.43 bits per heavy atom. The number of rotatable bonds is 6. The molecule has 1 amide bonds. The summed E-state index contributed by atoms with van der Waals surface area (Å²) in [5.74, 6) is 0.00253. The zero-order valence-electron chi connectivity index (χ0n) is 13.9. The number of aliphatic hydroxyl groups excluding tert-OH is 1. The number of aromatic nitrogens is 1. The molecule has 0 atom stereocenters. The van der Waals surface area contributed by atoms with E-state index in [9.17, 15) is 4.79 Å². The number of hydrogen-bond donors (Lipinski definition) is 2. The number of amides is 1.